The molecule has 2 aromatic heterocycles. The summed E-state index contributed by atoms with van der Waals surface area (Å²) >= 11 is 5.62. The van der Waals surface area contributed by atoms with Crippen LogP contribution < -0.4 is 4.74 Å². The molecule has 0 atom stereocenters. The summed E-state index contributed by atoms with van der Waals surface area (Å²) in [4.78, 5) is 7.70. The third-order valence-corrected chi connectivity index (χ3v) is 2.80. The lowest BCUT2D eigenvalue weighted by Gasteiger charge is -2.07. The number of nitrogens with zero attached hydrogens (tertiary/aromatic N) is 2. The minimum Gasteiger partial charge on any atom is -0.493 e. The average Bonchev–Trinajstić information content (AvgIpc) is 2.39. The number of halogens is 2. The van der Waals surface area contributed by atoms with E-state index in [-0.39, 0.29) is 5.15 Å². The van der Waals surface area contributed by atoms with Gasteiger partial charge in [0.05, 0.1) is 17.9 Å². The van der Waals surface area contributed by atoms with Gasteiger partial charge in [0, 0.05) is 12.3 Å². The van der Waals surface area contributed by atoms with Crippen LogP contribution in [0.15, 0.2) is 30.5 Å². The average molecular weight is 281 g/mol. The van der Waals surface area contributed by atoms with Crippen molar-refractivity contribution in [1.29, 1.82) is 0 Å². The largest absolute Gasteiger partial charge is 0.493 e. The van der Waals surface area contributed by atoms with Crippen molar-refractivity contribution in [2.24, 2.45) is 0 Å². The molecule has 5 heteroatoms. The third kappa shape index (κ3) is 3.64. The van der Waals surface area contributed by atoms with Crippen LogP contribution in [0, 0.1) is 5.95 Å². The van der Waals surface area contributed by atoms with E-state index in [1.165, 1.54) is 6.07 Å². The first kappa shape index (κ1) is 13.7. The molecule has 0 unspecified atom stereocenters. The Morgan fingerprint density at radius 3 is 2.89 bits per heavy atom. The lowest BCUT2D eigenvalue weighted by molar-refractivity contribution is 0.309. The molecule has 0 amide bonds. The lowest BCUT2D eigenvalue weighted by atomic mass is 10.2. The third-order valence-electron chi connectivity index (χ3n) is 2.59. The van der Waals surface area contributed by atoms with Crippen molar-refractivity contribution < 1.29 is 9.13 Å². The number of hydrogen-bond donors (Lipinski definition) is 0. The second-order valence-electron chi connectivity index (χ2n) is 4.05. The summed E-state index contributed by atoms with van der Waals surface area (Å²) < 4.78 is 19.3. The van der Waals surface area contributed by atoms with E-state index in [0.29, 0.717) is 23.6 Å². The maximum absolute atomic E-state index is 13.7. The Labute approximate surface area is 116 Å². The molecule has 0 aliphatic heterocycles. The van der Waals surface area contributed by atoms with E-state index >= 15 is 0 Å². The molecule has 2 rings (SSSR count). The van der Waals surface area contributed by atoms with Crippen LogP contribution >= 0.6 is 11.6 Å². The number of aromatic nitrogens is 2. The Balaban J connectivity index is 2.22. The molecule has 0 aromatic carbocycles. The van der Waals surface area contributed by atoms with Crippen LogP contribution in [0.3, 0.4) is 0 Å². The summed E-state index contributed by atoms with van der Waals surface area (Å²) in [5.74, 6) is 0.0403. The Kier molecular flexibility index (Phi) is 4.68. The predicted molar refractivity (Wildman–Crippen MR) is 72.8 cm³/mol. The van der Waals surface area contributed by atoms with Gasteiger partial charge in [-0.15, -0.1) is 0 Å². The minimum absolute atomic E-state index is 0.122. The molecule has 0 saturated carbocycles. The Morgan fingerprint density at radius 1 is 1.32 bits per heavy atom. The van der Waals surface area contributed by atoms with Gasteiger partial charge in [-0.05, 0) is 24.6 Å². The van der Waals surface area contributed by atoms with Gasteiger partial charge in [0.25, 0.3) is 0 Å². The van der Waals surface area contributed by atoms with E-state index in [1.807, 2.05) is 0 Å². The molecule has 0 aliphatic carbocycles. The van der Waals surface area contributed by atoms with Gasteiger partial charge in [-0.2, -0.15) is 4.39 Å². The molecule has 3 nitrogen and oxygen atoms in total. The van der Waals surface area contributed by atoms with Crippen LogP contribution in [-0.4, -0.2) is 16.6 Å². The van der Waals surface area contributed by atoms with E-state index < -0.39 is 5.95 Å². The summed E-state index contributed by atoms with van der Waals surface area (Å²) in [5.41, 5.74) is 0.793. The van der Waals surface area contributed by atoms with E-state index in [4.69, 9.17) is 16.3 Å². The van der Waals surface area contributed by atoms with Crippen molar-refractivity contribution in [3.63, 3.8) is 0 Å². The van der Waals surface area contributed by atoms with Gasteiger partial charge < -0.3 is 4.74 Å². The highest BCUT2D eigenvalue weighted by atomic mass is 35.5. The molecule has 0 N–H and O–H groups in total. The first-order chi connectivity index (χ1) is 9.20. The normalized spacial score (nSPS) is 10.5. The van der Waals surface area contributed by atoms with Gasteiger partial charge in [0.1, 0.15) is 10.9 Å². The first-order valence-electron chi connectivity index (χ1n) is 6.12. The first-order valence-corrected chi connectivity index (χ1v) is 6.49. The fourth-order valence-electron chi connectivity index (χ4n) is 1.59. The number of rotatable bonds is 5. The van der Waals surface area contributed by atoms with Crippen molar-refractivity contribution in [2.45, 2.75) is 19.8 Å². The van der Waals surface area contributed by atoms with Crippen LogP contribution in [0.5, 0.6) is 5.75 Å². The zero-order valence-corrected chi connectivity index (χ0v) is 11.3. The van der Waals surface area contributed by atoms with Gasteiger partial charge in [-0.3, -0.25) is 4.98 Å². The second-order valence-corrected chi connectivity index (χ2v) is 4.44. The fraction of sp³-hybridized carbons (Fsp3) is 0.286. The smallest absolute Gasteiger partial charge is 0.223 e. The van der Waals surface area contributed by atoms with Crippen LogP contribution in [0.2, 0.25) is 5.15 Å². The molecule has 2 aromatic rings. The van der Waals surface area contributed by atoms with Crippen LogP contribution in [0.1, 0.15) is 19.8 Å². The lowest BCUT2D eigenvalue weighted by Crippen LogP contribution is -1.98. The van der Waals surface area contributed by atoms with Gasteiger partial charge in [0.2, 0.25) is 5.95 Å². The highest BCUT2D eigenvalue weighted by Gasteiger charge is 2.09. The molecule has 0 fully saturated rings. The summed E-state index contributed by atoms with van der Waals surface area (Å²) in [7, 11) is 0. The molecular weight excluding hydrogens is 267 g/mol. The summed E-state index contributed by atoms with van der Waals surface area (Å²) in [6.45, 7) is 2.73. The maximum Gasteiger partial charge on any atom is 0.223 e. The molecule has 19 heavy (non-hydrogen) atoms. The zero-order chi connectivity index (χ0) is 13.7. The number of unbranched alkanes of at least 4 members (excludes halogenated alkanes) is 1. The Hall–Kier alpha value is -1.68. The fourth-order valence-corrected chi connectivity index (χ4v) is 1.72. The van der Waals surface area contributed by atoms with Gasteiger partial charge in [-0.25, -0.2) is 4.98 Å². The van der Waals surface area contributed by atoms with E-state index in [1.54, 1.807) is 24.4 Å². The molecule has 0 aliphatic rings. The van der Waals surface area contributed by atoms with Crippen LogP contribution in [0.4, 0.5) is 4.39 Å². The van der Waals surface area contributed by atoms with Crippen LogP contribution in [-0.2, 0) is 0 Å². The second kappa shape index (κ2) is 6.48. The minimum atomic E-state index is -0.634. The van der Waals surface area contributed by atoms with Crippen molar-refractivity contribution in [1.82, 2.24) is 9.97 Å². The maximum atomic E-state index is 13.7. The van der Waals surface area contributed by atoms with Gasteiger partial charge >= 0.3 is 0 Å². The quantitative estimate of drug-likeness (QED) is 0.610. The topological polar surface area (TPSA) is 35.0 Å². The Morgan fingerprint density at radius 2 is 2.16 bits per heavy atom. The molecule has 0 radical (unpaired) electrons. The molecule has 0 bridgehead atoms. The van der Waals surface area contributed by atoms with Crippen molar-refractivity contribution in [3.8, 4) is 17.0 Å². The van der Waals surface area contributed by atoms with Crippen LogP contribution in [0.25, 0.3) is 11.3 Å². The highest BCUT2D eigenvalue weighted by Crippen LogP contribution is 2.24. The van der Waals surface area contributed by atoms with Gasteiger partial charge in [-0.1, -0.05) is 24.9 Å². The van der Waals surface area contributed by atoms with Crippen molar-refractivity contribution in [2.75, 3.05) is 6.61 Å². The summed E-state index contributed by atoms with van der Waals surface area (Å²) in [5, 5.41) is 0.122. The molecule has 2 heterocycles. The van der Waals surface area contributed by atoms with Gasteiger partial charge in [0.15, 0.2) is 0 Å². The summed E-state index contributed by atoms with van der Waals surface area (Å²) in [6.07, 6.45) is 3.63. The number of hydrogen-bond acceptors (Lipinski definition) is 3. The molecular formula is C14H14ClFN2O. The number of ether oxygens (including phenoxy) is 1. The highest BCUT2D eigenvalue weighted by molar-refractivity contribution is 6.29. The number of pyridine rings is 2. The predicted octanol–water partition coefficient (Wildman–Crippen LogP) is 4.12. The van der Waals surface area contributed by atoms with E-state index in [9.17, 15) is 4.39 Å². The van der Waals surface area contributed by atoms with E-state index in [0.717, 1.165) is 12.8 Å². The SMILES string of the molecule is CCCCOc1ccnc(-c2ccc(Cl)nc2F)c1. The Bertz CT molecular complexity index is 563. The summed E-state index contributed by atoms with van der Waals surface area (Å²) in [6, 6.07) is 6.54. The molecule has 0 spiro atoms. The standard InChI is InChI=1S/C14H14ClFN2O/c1-2-3-8-19-10-6-7-17-12(9-10)11-4-5-13(15)18-14(11)16/h4-7,9H,2-3,8H2,1H3. The van der Waals surface area contributed by atoms with Crippen molar-refractivity contribution in [3.05, 3.63) is 41.6 Å². The van der Waals surface area contributed by atoms with E-state index in [2.05, 4.69) is 16.9 Å². The zero-order valence-electron chi connectivity index (χ0n) is 10.6. The van der Waals surface area contributed by atoms with Crippen molar-refractivity contribution >= 4 is 11.6 Å². The monoisotopic (exact) mass is 280 g/mol. The molecule has 0 saturated heterocycles. The molecule has 100 valence electrons.